The molecule has 0 unspecified atom stereocenters. The summed E-state index contributed by atoms with van der Waals surface area (Å²) in [6.07, 6.45) is 0. The Balaban J connectivity index is 2.46. The molecule has 0 saturated carbocycles. The van der Waals surface area contributed by atoms with Crippen LogP contribution in [0.25, 0.3) is 0 Å². The number of hydrogen-bond donors (Lipinski definition) is 1. The van der Waals surface area contributed by atoms with E-state index in [0.29, 0.717) is 13.1 Å². The zero-order valence-electron chi connectivity index (χ0n) is 15.1. The number of hydrogen-bond acceptors (Lipinski definition) is 4. The molecule has 0 saturated heterocycles. The number of ether oxygens (including phenoxy) is 1. The van der Waals surface area contributed by atoms with Gasteiger partial charge in [0.2, 0.25) is 10.0 Å². The highest BCUT2D eigenvalue weighted by Crippen LogP contribution is 2.31. The third-order valence-electron chi connectivity index (χ3n) is 3.95. The van der Waals surface area contributed by atoms with Crippen LogP contribution in [0.3, 0.4) is 0 Å². The van der Waals surface area contributed by atoms with Gasteiger partial charge in [0.15, 0.2) is 0 Å². The number of carbonyl (C=O) groups is 1. The highest BCUT2D eigenvalue weighted by molar-refractivity contribution is 7.89. The molecule has 0 aliphatic carbocycles. The van der Waals surface area contributed by atoms with Crippen LogP contribution < -0.4 is 10.1 Å². The van der Waals surface area contributed by atoms with Gasteiger partial charge in [0.1, 0.15) is 10.6 Å². The van der Waals surface area contributed by atoms with Crippen molar-refractivity contribution in [1.29, 1.82) is 0 Å². The summed E-state index contributed by atoms with van der Waals surface area (Å²) >= 11 is 12.1. The van der Waals surface area contributed by atoms with Crippen LogP contribution in [0.15, 0.2) is 41.3 Å². The van der Waals surface area contributed by atoms with E-state index in [-0.39, 0.29) is 31.9 Å². The molecule has 2 aromatic rings. The first-order valence-electron chi connectivity index (χ1n) is 8.19. The minimum absolute atomic E-state index is 0.0772. The number of sulfonamides is 1. The molecular weight excluding hydrogens is 411 g/mol. The highest BCUT2D eigenvalue weighted by Gasteiger charge is 2.27. The van der Waals surface area contributed by atoms with E-state index >= 15 is 0 Å². The van der Waals surface area contributed by atoms with Crippen molar-refractivity contribution in [2.75, 3.05) is 25.5 Å². The van der Waals surface area contributed by atoms with Gasteiger partial charge in [-0.1, -0.05) is 43.1 Å². The first kappa shape index (κ1) is 21.5. The molecule has 0 bridgehead atoms. The molecule has 9 heteroatoms. The van der Waals surface area contributed by atoms with Crippen molar-refractivity contribution in [1.82, 2.24) is 4.31 Å². The number of methoxy groups -OCH3 is 1. The normalized spacial score (nSPS) is 11.5. The van der Waals surface area contributed by atoms with Crippen molar-refractivity contribution in [3.05, 3.63) is 52.0 Å². The summed E-state index contributed by atoms with van der Waals surface area (Å²) in [6.45, 7) is 4.08. The number of nitrogens with zero attached hydrogens (tertiary/aromatic N) is 1. The van der Waals surface area contributed by atoms with E-state index in [4.69, 9.17) is 27.9 Å². The maximum atomic E-state index is 12.9. The summed E-state index contributed by atoms with van der Waals surface area (Å²) in [6, 6.07) is 9.04. The topological polar surface area (TPSA) is 75.7 Å². The monoisotopic (exact) mass is 430 g/mol. The molecular formula is C18H20Cl2N2O4S. The predicted octanol–water partition coefficient (Wildman–Crippen LogP) is 4.28. The number of benzene rings is 2. The molecule has 1 amide bonds. The van der Waals surface area contributed by atoms with Gasteiger partial charge in [0, 0.05) is 18.7 Å². The molecule has 0 aliphatic heterocycles. The lowest BCUT2D eigenvalue weighted by Crippen LogP contribution is -2.31. The van der Waals surface area contributed by atoms with E-state index in [9.17, 15) is 13.2 Å². The van der Waals surface area contributed by atoms with E-state index in [2.05, 4.69) is 5.32 Å². The van der Waals surface area contributed by atoms with Crippen molar-refractivity contribution in [2.45, 2.75) is 18.7 Å². The number of rotatable bonds is 7. The van der Waals surface area contributed by atoms with Crippen molar-refractivity contribution in [3.8, 4) is 5.75 Å². The average molecular weight is 431 g/mol. The number of carbonyl (C=O) groups excluding carboxylic acids is 1. The minimum atomic E-state index is -3.81. The van der Waals surface area contributed by atoms with Crippen LogP contribution in [0, 0.1) is 0 Å². The second kappa shape index (κ2) is 8.93. The van der Waals surface area contributed by atoms with Crippen molar-refractivity contribution in [2.24, 2.45) is 0 Å². The van der Waals surface area contributed by atoms with Crippen molar-refractivity contribution in [3.63, 3.8) is 0 Å². The summed E-state index contributed by atoms with van der Waals surface area (Å²) in [5.41, 5.74) is 0.396. The van der Waals surface area contributed by atoms with E-state index in [1.807, 2.05) is 0 Å². The Hall–Kier alpha value is -1.80. The minimum Gasteiger partial charge on any atom is -0.495 e. The number of anilines is 1. The Bertz CT molecular complexity index is 924. The Morgan fingerprint density at radius 2 is 1.70 bits per heavy atom. The van der Waals surface area contributed by atoms with E-state index in [1.54, 1.807) is 32.0 Å². The third-order valence-corrected chi connectivity index (χ3v) is 6.65. The Morgan fingerprint density at radius 1 is 1.11 bits per heavy atom. The fraction of sp³-hybridized carbons (Fsp3) is 0.278. The molecule has 1 N–H and O–H groups in total. The van der Waals surface area contributed by atoms with Gasteiger partial charge in [-0.3, -0.25) is 4.79 Å². The first-order chi connectivity index (χ1) is 12.8. The summed E-state index contributed by atoms with van der Waals surface area (Å²) < 4.78 is 32.2. The van der Waals surface area contributed by atoms with Gasteiger partial charge in [-0.25, -0.2) is 8.42 Å². The maximum Gasteiger partial charge on any atom is 0.255 e. The molecule has 2 rings (SSSR count). The largest absolute Gasteiger partial charge is 0.495 e. The van der Waals surface area contributed by atoms with Gasteiger partial charge < -0.3 is 10.1 Å². The predicted molar refractivity (Wildman–Crippen MR) is 108 cm³/mol. The molecule has 0 atom stereocenters. The quantitative estimate of drug-likeness (QED) is 0.710. The maximum absolute atomic E-state index is 12.9. The standard InChI is InChI=1S/C18H20Cl2N2O4S/c1-4-22(5-2)27(24,25)16-11-12(9-10-15(16)26-3)18(23)21-17-13(19)7-6-8-14(17)20/h6-11H,4-5H2,1-3H3,(H,21,23). The lowest BCUT2D eigenvalue weighted by atomic mass is 10.2. The molecule has 0 aromatic heterocycles. The van der Waals surface area contributed by atoms with Crippen molar-refractivity contribution >= 4 is 44.8 Å². The van der Waals surface area contributed by atoms with E-state index in [0.717, 1.165) is 0 Å². The van der Waals surface area contributed by atoms with Crippen LogP contribution in [0.2, 0.25) is 10.0 Å². The van der Waals surface area contributed by atoms with Crippen LogP contribution in [0.5, 0.6) is 5.75 Å². The summed E-state index contributed by atoms with van der Waals surface area (Å²) in [4.78, 5) is 12.6. The van der Waals surface area contributed by atoms with Gasteiger partial charge in [0.25, 0.3) is 5.91 Å². The molecule has 146 valence electrons. The molecule has 0 spiro atoms. The van der Waals surface area contributed by atoms with Gasteiger partial charge in [0.05, 0.1) is 22.8 Å². The lowest BCUT2D eigenvalue weighted by molar-refractivity contribution is 0.102. The van der Waals surface area contributed by atoms with Gasteiger partial charge in [-0.05, 0) is 30.3 Å². The van der Waals surface area contributed by atoms with Crippen LogP contribution in [-0.2, 0) is 10.0 Å². The second-order valence-corrected chi connectivity index (χ2v) is 8.23. The van der Waals surface area contributed by atoms with E-state index in [1.165, 1.54) is 29.6 Å². The Kier molecular flexibility index (Phi) is 7.11. The molecule has 27 heavy (non-hydrogen) atoms. The number of para-hydroxylation sites is 1. The smallest absolute Gasteiger partial charge is 0.255 e. The lowest BCUT2D eigenvalue weighted by Gasteiger charge is -2.20. The number of halogens is 2. The molecule has 0 heterocycles. The number of amides is 1. The van der Waals surface area contributed by atoms with E-state index < -0.39 is 15.9 Å². The average Bonchev–Trinajstić information content (AvgIpc) is 2.65. The van der Waals surface area contributed by atoms with Gasteiger partial charge in [-0.2, -0.15) is 4.31 Å². The zero-order chi connectivity index (χ0) is 20.2. The van der Waals surface area contributed by atoms with Gasteiger partial charge >= 0.3 is 0 Å². The van der Waals surface area contributed by atoms with Gasteiger partial charge in [-0.15, -0.1) is 0 Å². The third kappa shape index (κ3) is 4.55. The number of nitrogens with one attached hydrogen (secondary N) is 1. The molecule has 2 aromatic carbocycles. The fourth-order valence-corrected chi connectivity index (χ4v) is 4.66. The molecule has 0 fully saturated rings. The summed E-state index contributed by atoms with van der Waals surface area (Å²) in [7, 11) is -2.44. The van der Waals surface area contributed by atoms with Crippen molar-refractivity contribution < 1.29 is 17.9 Å². The molecule has 6 nitrogen and oxygen atoms in total. The molecule has 0 aliphatic rings. The fourth-order valence-electron chi connectivity index (χ4n) is 2.53. The van der Waals surface area contributed by atoms with Crippen LogP contribution in [-0.4, -0.2) is 38.8 Å². The molecule has 0 radical (unpaired) electrons. The summed E-state index contributed by atoms with van der Waals surface area (Å²) in [5, 5.41) is 3.17. The first-order valence-corrected chi connectivity index (χ1v) is 10.4. The van der Waals surface area contributed by atoms with Crippen LogP contribution in [0.4, 0.5) is 5.69 Å². The van der Waals surface area contributed by atoms with Crippen LogP contribution in [0.1, 0.15) is 24.2 Å². The Labute approximate surface area is 169 Å². The Morgan fingerprint density at radius 3 is 2.22 bits per heavy atom. The highest BCUT2D eigenvalue weighted by atomic mass is 35.5. The zero-order valence-corrected chi connectivity index (χ0v) is 17.5. The summed E-state index contributed by atoms with van der Waals surface area (Å²) in [5.74, 6) is -0.377. The second-order valence-electron chi connectivity index (χ2n) is 5.51. The SMILES string of the molecule is CCN(CC)S(=O)(=O)c1cc(C(=O)Nc2c(Cl)cccc2Cl)ccc1OC. The van der Waals surface area contributed by atoms with Crippen LogP contribution >= 0.6 is 23.2 Å².